The van der Waals surface area contributed by atoms with Crippen molar-refractivity contribution in [3.8, 4) is 0 Å². The van der Waals surface area contributed by atoms with Crippen molar-refractivity contribution in [2.45, 2.75) is 31.7 Å². The van der Waals surface area contributed by atoms with E-state index in [1.54, 1.807) is 6.92 Å². The normalized spacial score (nSPS) is 24.5. The number of cyclic esters (lactones) is 1. The maximum absolute atomic E-state index is 14.2. The summed E-state index contributed by atoms with van der Waals surface area (Å²) in [4.78, 5) is 16.3. The maximum atomic E-state index is 14.2. The van der Waals surface area contributed by atoms with Crippen molar-refractivity contribution in [2.24, 2.45) is 0 Å². The van der Waals surface area contributed by atoms with E-state index in [1.165, 1.54) is 17.3 Å². The van der Waals surface area contributed by atoms with Gasteiger partial charge in [-0.3, -0.25) is 0 Å². The van der Waals surface area contributed by atoms with Crippen LogP contribution < -0.4 is 0 Å². The van der Waals surface area contributed by atoms with E-state index >= 15 is 0 Å². The molecule has 2 aromatic rings. The predicted molar refractivity (Wildman–Crippen MR) is 85.1 cm³/mol. The minimum Gasteiger partial charge on any atom is -0.457 e. The minimum absolute atomic E-state index is 0.0809. The fourth-order valence-corrected chi connectivity index (χ4v) is 4.32. The molecular weight excluding hydrogens is 370 g/mol. The molecule has 1 aliphatic rings. The molecule has 1 saturated heterocycles. The third-order valence-corrected chi connectivity index (χ3v) is 5.47. The molecule has 3 atom stereocenters. The highest BCUT2D eigenvalue weighted by Crippen LogP contribution is 2.35. The van der Waals surface area contributed by atoms with Gasteiger partial charge in [-0.15, -0.1) is 0 Å². The Bertz CT molecular complexity index is 920. The van der Waals surface area contributed by atoms with Crippen LogP contribution in [0.4, 0.5) is 8.78 Å². The van der Waals surface area contributed by atoms with Crippen LogP contribution >= 0.6 is 0 Å². The zero-order valence-electron chi connectivity index (χ0n) is 13.9. The van der Waals surface area contributed by atoms with Crippen molar-refractivity contribution in [2.75, 3.05) is 6.26 Å². The number of aromatic nitrogens is 3. The molecule has 140 valence electrons. The summed E-state index contributed by atoms with van der Waals surface area (Å²) < 4.78 is 59.7. The highest BCUT2D eigenvalue weighted by molar-refractivity contribution is 7.88. The molecule has 0 radical (unpaired) electrons. The molecule has 8 nitrogen and oxygen atoms in total. The van der Waals surface area contributed by atoms with Crippen molar-refractivity contribution in [1.82, 2.24) is 19.1 Å². The van der Waals surface area contributed by atoms with Gasteiger partial charge in [0.2, 0.25) is 10.0 Å². The molecule has 1 aromatic carbocycles. The Balaban J connectivity index is 2.01. The van der Waals surface area contributed by atoms with Crippen LogP contribution in [0.2, 0.25) is 0 Å². The van der Waals surface area contributed by atoms with Crippen LogP contribution in [0, 0.1) is 11.6 Å². The fraction of sp³-hybridized carbons (Fsp3) is 0.400. The first-order valence-corrected chi connectivity index (χ1v) is 9.49. The molecule has 2 heterocycles. The highest BCUT2D eigenvalue weighted by Gasteiger charge is 2.48. The molecule has 0 N–H and O–H groups in total. The van der Waals surface area contributed by atoms with Crippen molar-refractivity contribution in [1.29, 1.82) is 0 Å². The first-order valence-electron chi connectivity index (χ1n) is 7.65. The Labute approximate surface area is 148 Å². The number of halogens is 2. The molecule has 1 aliphatic heterocycles. The van der Waals surface area contributed by atoms with Gasteiger partial charge in [-0.1, -0.05) is 6.07 Å². The van der Waals surface area contributed by atoms with Gasteiger partial charge < -0.3 is 4.74 Å². The number of esters is 1. The minimum atomic E-state index is -3.92. The van der Waals surface area contributed by atoms with Gasteiger partial charge in [0, 0.05) is 11.6 Å². The maximum Gasteiger partial charge on any atom is 0.329 e. The lowest BCUT2D eigenvalue weighted by atomic mass is 10.0. The van der Waals surface area contributed by atoms with Crippen LogP contribution in [0.25, 0.3) is 0 Å². The number of carbonyl (C=O) groups excluding carboxylic acids is 1. The molecule has 0 bridgehead atoms. The summed E-state index contributed by atoms with van der Waals surface area (Å²) in [6, 6.07) is 0.251. The van der Waals surface area contributed by atoms with E-state index in [2.05, 4.69) is 10.1 Å². The van der Waals surface area contributed by atoms with E-state index in [9.17, 15) is 22.0 Å². The number of rotatable bonds is 4. The average molecular weight is 386 g/mol. The van der Waals surface area contributed by atoms with Crippen LogP contribution in [0.5, 0.6) is 0 Å². The van der Waals surface area contributed by atoms with Crippen LogP contribution in [0.1, 0.15) is 18.5 Å². The van der Waals surface area contributed by atoms with Crippen LogP contribution in [0.15, 0.2) is 30.9 Å². The van der Waals surface area contributed by atoms with E-state index in [1.807, 2.05) is 0 Å². The van der Waals surface area contributed by atoms with E-state index in [-0.39, 0.29) is 12.1 Å². The SMILES string of the molecule is CC1C(Cn2cncn2)OC(=O)C(c2ccc(F)cc2F)N1S(C)(=O)=O. The number of benzene rings is 1. The fourth-order valence-electron chi connectivity index (χ4n) is 3.00. The van der Waals surface area contributed by atoms with Crippen molar-refractivity contribution >= 4 is 16.0 Å². The first-order chi connectivity index (χ1) is 12.2. The molecule has 1 fully saturated rings. The third-order valence-electron chi connectivity index (χ3n) is 4.16. The zero-order valence-corrected chi connectivity index (χ0v) is 14.7. The monoisotopic (exact) mass is 386 g/mol. The molecule has 0 saturated carbocycles. The highest BCUT2D eigenvalue weighted by atomic mass is 32.2. The van der Waals surface area contributed by atoms with Gasteiger partial charge in [0.1, 0.15) is 30.4 Å². The number of nitrogens with zero attached hydrogens (tertiary/aromatic N) is 4. The summed E-state index contributed by atoms with van der Waals surface area (Å²) in [5, 5.41) is 3.90. The average Bonchev–Trinajstić information content (AvgIpc) is 3.03. The predicted octanol–water partition coefficient (Wildman–Crippen LogP) is 0.873. The van der Waals surface area contributed by atoms with Gasteiger partial charge in [0.05, 0.1) is 18.8 Å². The largest absolute Gasteiger partial charge is 0.457 e. The quantitative estimate of drug-likeness (QED) is 0.724. The van der Waals surface area contributed by atoms with Gasteiger partial charge in [-0.05, 0) is 13.0 Å². The molecule has 0 aliphatic carbocycles. The number of morpholine rings is 1. The molecule has 3 unspecified atom stereocenters. The van der Waals surface area contributed by atoms with Crippen molar-refractivity contribution < 1.29 is 26.7 Å². The van der Waals surface area contributed by atoms with E-state index < -0.39 is 45.8 Å². The number of hydrogen-bond donors (Lipinski definition) is 0. The van der Waals surface area contributed by atoms with Gasteiger partial charge >= 0.3 is 5.97 Å². The second-order valence-corrected chi connectivity index (χ2v) is 7.88. The summed E-state index contributed by atoms with van der Waals surface area (Å²) in [6.45, 7) is 1.63. The smallest absolute Gasteiger partial charge is 0.329 e. The Hall–Kier alpha value is -2.40. The Kier molecular flexibility index (Phi) is 4.76. The Morgan fingerprint density at radius 2 is 2.04 bits per heavy atom. The van der Waals surface area contributed by atoms with E-state index in [4.69, 9.17) is 4.74 Å². The molecule has 0 amide bonds. The van der Waals surface area contributed by atoms with Crippen LogP contribution in [-0.4, -0.2) is 51.9 Å². The molecule has 11 heteroatoms. The number of carbonyl (C=O) groups is 1. The van der Waals surface area contributed by atoms with Gasteiger partial charge in [-0.25, -0.2) is 31.7 Å². The molecule has 0 spiro atoms. The number of ether oxygens (including phenoxy) is 1. The van der Waals surface area contributed by atoms with Gasteiger partial charge in [0.25, 0.3) is 0 Å². The Morgan fingerprint density at radius 3 is 2.62 bits per heavy atom. The summed E-state index contributed by atoms with van der Waals surface area (Å²) >= 11 is 0. The number of hydrogen-bond acceptors (Lipinski definition) is 6. The van der Waals surface area contributed by atoms with Crippen LogP contribution in [-0.2, 0) is 26.1 Å². The summed E-state index contributed by atoms with van der Waals surface area (Å²) in [5.41, 5.74) is -0.270. The lowest BCUT2D eigenvalue weighted by Crippen LogP contribution is -2.56. The van der Waals surface area contributed by atoms with Crippen LogP contribution in [0.3, 0.4) is 0 Å². The molecule has 26 heavy (non-hydrogen) atoms. The van der Waals surface area contributed by atoms with E-state index in [0.29, 0.717) is 6.07 Å². The second-order valence-electron chi connectivity index (χ2n) is 5.99. The molecule has 1 aromatic heterocycles. The topological polar surface area (TPSA) is 94.4 Å². The molecular formula is C15H16F2N4O4S. The second kappa shape index (κ2) is 6.72. The van der Waals surface area contributed by atoms with Crippen molar-refractivity contribution in [3.05, 3.63) is 48.1 Å². The summed E-state index contributed by atoms with van der Waals surface area (Å²) in [6.07, 6.45) is 2.76. The van der Waals surface area contributed by atoms with Gasteiger partial charge in [0.15, 0.2) is 6.04 Å². The summed E-state index contributed by atoms with van der Waals surface area (Å²) in [5.74, 6) is -2.80. The summed E-state index contributed by atoms with van der Waals surface area (Å²) in [7, 11) is -3.92. The standard InChI is InChI=1S/C15H16F2N4O4S/c1-9-13(6-20-8-18-7-19-20)25-15(22)14(21(9)26(2,23)24)11-4-3-10(16)5-12(11)17/h3-5,7-9,13-14H,6H2,1-2H3. The van der Waals surface area contributed by atoms with E-state index in [0.717, 1.165) is 22.7 Å². The third kappa shape index (κ3) is 3.44. The first kappa shape index (κ1) is 18.4. The Morgan fingerprint density at radius 1 is 1.31 bits per heavy atom. The van der Waals surface area contributed by atoms with Gasteiger partial charge in [-0.2, -0.15) is 9.40 Å². The van der Waals surface area contributed by atoms with Crippen molar-refractivity contribution in [3.63, 3.8) is 0 Å². The number of sulfonamides is 1. The molecule has 3 rings (SSSR count). The lowest BCUT2D eigenvalue weighted by molar-refractivity contribution is -0.168. The lowest BCUT2D eigenvalue weighted by Gasteiger charge is -2.41. The zero-order chi connectivity index (χ0) is 19.1.